The smallest absolute Gasteiger partial charge is 0.361 e. The predicted molar refractivity (Wildman–Crippen MR) is 335 cm³/mol. The van der Waals surface area contributed by atoms with Crippen LogP contribution in [0.15, 0.2) is 147 Å². The fraction of sp³-hybridized carbons (Fsp3) is 0.111. The van der Waals surface area contributed by atoms with Crippen LogP contribution in [0.2, 0.25) is 30.1 Å². The monoisotopic (exact) mass is 1380 g/mol. The van der Waals surface area contributed by atoms with Crippen molar-refractivity contribution in [2.24, 2.45) is 0 Å². The van der Waals surface area contributed by atoms with Gasteiger partial charge in [0.05, 0.1) is 88.7 Å². The minimum atomic E-state index is -1.15. The molecule has 0 saturated heterocycles. The molecule has 20 nitrogen and oxygen atoms in total. The van der Waals surface area contributed by atoms with Crippen molar-refractivity contribution in [1.82, 2.24) is 60.4 Å². The van der Waals surface area contributed by atoms with Gasteiger partial charge < -0.3 is 24.1 Å². The zero-order valence-electron chi connectivity index (χ0n) is 44.4. The molecule has 0 radical (unpaired) electrons. The lowest BCUT2D eigenvalue weighted by atomic mass is 10.2. The number of methoxy groups -OCH3 is 4. The summed E-state index contributed by atoms with van der Waals surface area (Å²) in [5.74, 6) is -0.766. The van der Waals surface area contributed by atoms with E-state index < -0.39 is 17.9 Å². The Balaban J connectivity index is 0.000000156. The van der Waals surface area contributed by atoms with Crippen LogP contribution in [0.5, 0.6) is 11.5 Å². The van der Waals surface area contributed by atoms with Crippen LogP contribution in [0.1, 0.15) is 42.6 Å². The first-order chi connectivity index (χ1) is 41.5. The molecule has 0 aliphatic rings. The number of carbonyl (C=O) groups excluding carboxylic acids is 2. The van der Waals surface area contributed by atoms with Gasteiger partial charge in [-0.3, -0.25) is 0 Å². The summed E-state index contributed by atoms with van der Waals surface area (Å²) in [5.41, 5.74) is 6.81. The number of carboxylic acids is 1. The molecule has 0 aliphatic carbocycles. The van der Waals surface area contributed by atoms with Crippen LogP contribution in [0.3, 0.4) is 0 Å². The molecule has 11 aromatic rings. The van der Waals surface area contributed by atoms with Gasteiger partial charge in [-0.05, 0) is 107 Å². The summed E-state index contributed by atoms with van der Waals surface area (Å²) in [7, 11) is 5.81. The molecule has 6 aromatic heterocycles. The highest BCUT2D eigenvalue weighted by molar-refractivity contribution is 8.01. The molecule has 0 aliphatic heterocycles. The molecule has 32 heteroatoms. The lowest BCUT2D eigenvalue weighted by molar-refractivity contribution is 0.0581. The number of halogens is 6. The largest absolute Gasteiger partial charge is 0.497 e. The molecule has 2 N–H and O–H groups in total. The number of ether oxygens (including phenoxy) is 4. The first-order valence-electron chi connectivity index (χ1n) is 24.2. The molecule has 0 spiro atoms. The number of hydrogen-bond acceptors (Lipinski definition) is 22. The van der Waals surface area contributed by atoms with E-state index in [9.17, 15) is 19.5 Å². The molecular weight excluding hydrogens is 1350 g/mol. The highest BCUT2D eigenvalue weighted by atomic mass is 35.5. The van der Waals surface area contributed by atoms with Crippen LogP contribution >= 0.6 is 139 Å². The molecule has 0 unspecified atom stereocenters. The Bertz CT molecular complexity index is 4200. The fourth-order valence-electron chi connectivity index (χ4n) is 7.23. The summed E-state index contributed by atoms with van der Waals surface area (Å²) in [5, 5.41) is 45.6. The number of benzene rings is 5. The van der Waals surface area contributed by atoms with E-state index in [-0.39, 0.29) is 17.1 Å². The number of aromatic carboxylic acids is 1. The third-order valence-corrected chi connectivity index (χ3v) is 19.7. The number of H-pyrrole nitrogens is 1. The van der Waals surface area contributed by atoms with Crippen LogP contribution in [0.25, 0.3) is 33.8 Å². The van der Waals surface area contributed by atoms with Gasteiger partial charge in [-0.25, -0.2) is 38.7 Å². The maximum absolute atomic E-state index is 12.3. The molecule has 5 aromatic carbocycles. The van der Waals surface area contributed by atoms with Crippen LogP contribution in [0.4, 0.5) is 0 Å². The second-order valence-corrected chi connectivity index (χ2v) is 25.7. The Hall–Kier alpha value is -6.79. The molecule has 0 saturated carbocycles. The number of carbonyl (C=O) groups is 3. The number of nitrogens with one attached hydrogen (secondary N) is 1. The van der Waals surface area contributed by atoms with Crippen molar-refractivity contribution < 1.29 is 38.4 Å². The maximum atomic E-state index is 12.3. The van der Waals surface area contributed by atoms with E-state index in [2.05, 4.69) is 55.7 Å². The molecule has 0 amide bonds. The molecule has 86 heavy (non-hydrogen) atoms. The van der Waals surface area contributed by atoms with Crippen LogP contribution < -0.4 is 9.47 Å². The number of hydrogen-bond donors (Lipinski definition) is 2. The minimum absolute atomic E-state index is 0.121. The van der Waals surface area contributed by atoms with Gasteiger partial charge in [0.2, 0.25) is 17.1 Å². The summed E-state index contributed by atoms with van der Waals surface area (Å²) in [6, 6.07) is 31.0. The minimum Gasteiger partial charge on any atom is -0.497 e. The van der Waals surface area contributed by atoms with E-state index in [1.165, 1.54) is 83.5 Å². The van der Waals surface area contributed by atoms with Gasteiger partial charge in [0.25, 0.3) is 0 Å². The Kier molecular flexibility index (Phi) is 22.0. The molecular formula is C54H38Cl6N12O8S6. The predicted octanol–water partition coefficient (Wildman–Crippen LogP) is 15.5. The summed E-state index contributed by atoms with van der Waals surface area (Å²) in [4.78, 5) is 49.3. The van der Waals surface area contributed by atoms with E-state index in [0.29, 0.717) is 67.0 Å². The van der Waals surface area contributed by atoms with Gasteiger partial charge in [-0.15, -0.1) is 54.4 Å². The van der Waals surface area contributed by atoms with Gasteiger partial charge in [-0.2, -0.15) is 5.21 Å². The van der Waals surface area contributed by atoms with E-state index in [4.69, 9.17) is 83.8 Å². The number of nitrogens with zero attached hydrogens (tertiary/aromatic N) is 11. The van der Waals surface area contributed by atoms with E-state index in [0.717, 1.165) is 60.7 Å². The average Bonchev–Trinajstić information content (AvgIpc) is 3.79. The molecule has 0 fully saturated rings. The van der Waals surface area contributed by atoms with E-state index in [1.807, 2.05) is 82.9 Å². The standard InChI is InChI=1S/C21H16Cl2N4O3S2.C20H14Cl2N4O3S2.C13H8Cl2N4O2S2/c1-29-14-6-3-12(4-7-14)10-27-19(18(25-26-27)20(28)30-2)32-21-24-17(11-31-21)13-5-8-15(22)16(23)9-13;1-29-13-5-2-11(3-6-13)9-26-18(17(19(27)28)24-25-26)31-20-23-16(10-30-20)12-4-7-14(21)15(22)8-12;1-21-12(20)10-11(18-19-17-10)23-13-16-9(5-22-13)6-2-3-7(14)8(15)4-6/h3-9,11H,10H2,1-2H3;2-8,10H,9H2,1H3,(H,27,28);2-5H,1H3,(H,17,18,19). The van der Waals surface area contributed by atoms with Gasteiger partial charge in [0.15, 0.2) is 18.0 Å². The Labute approximate surface area is 543 Å². The molecule has 0 bridgehead atoms. The van der Waals surface area contributed by atoms with Crippen molar-refractivity contribution in [3.8, 4) is 45.3 Å². The number of thiazole rings is 3. The molecule has 6 heterocycles. The summed E-state index contributed by atoms with van der Waals surface area (Å²) in [6.45, 7) is 0.777. The molecule has 11 rings (SSSR count). The zero-order valence-corrected chi connectivity index (χ0v) is 53.8. The summed E-state index contributed by atoms with van der Waals surface area (Å²) >= 11 is 44.2. The molecule has 440 valence electrons. The van der Waals surface area contributed by atoms with Crippen molar-refractivity contribution in [3.63, 3.8) is 0 Å². The third kappa shape index (κ3) is 16.0. The SMILES string of the molecule is COC(=O)c1n[nH]nc1Sc1nc(-c2ccc(Cl)c(Cl)c2)cs1.COC(=O)c1nnn(Cc2ccc(OC)cc2)c1Sc1nc(-c2ccc(Cl)c(Cl)c2)cs1.COc1ccc(Cn2nnc(C(=O)O)c2Sc2nc(-c3ccc(Cl)c(Cl)c3)cs2)cc1. The van der Waals surface area contributed by atoms with Crippen LogP contribution in [0, 0.1) is 0 Å². The van der Waals surface area contributed by atoms with E-state index in [1.54, 1.807) is 60.0 Å². The normalized spacial score (nSPS) is 10.9. The quantitative estimate of drug-likeness (QED) is 0.0758. The summed E-state index contributed by atoms with van der Waals surface area (Å²) in [6.07, 6.45) is 0. The Morgan fingerprint density at radius 1 is 0.500 bits per heavy atom. The lowest BCUT2D eigenvalue weighted by Crippen LogP contribution is -2.06. The van der Waals surface area contributed by atoms with Crippen LogP contribution in [-0.4, -0.2) is 112 Å². The van der Waals surface area contributed by atoms with Crippen molar-refractivity contribution in [3.05, 3.63) is 178 Å². The highest BCUT2D eigenvalue weighted by Crippen LogP contribution is 2.39. The Morgan fingerprint density at radius 2 is 0.884 bits per heavy atom. The number of carboxylic acid groups (broad SMARTS) is 1. The topological polar surface area (TPSA) is 250 Å². The van der Waals surface area contributed by atoms with Gasteiger partial charge in [-0.1, -0.05) is 122 Å². The first kappa shape index (κ1) is 63.7. The first-order valence-corrected chi connectivity index (χ1v) is 31.6. The second kappa shape index (κ2) is 29.7. The number of aromatic amines is 1. The second-order valence-electron chi connectivity index (χ2n) is 17.0. The zero-order chi connectivity index (χ0) is 61.0. The van der Waals surface area contributed by atoms with Crippen molar-refractivity contribution in [2.45, 2.75) is 41.2 Å². The van der Waals surface area contributed by atoms with Crippen LogP contribution in [-0.2, 0) is 22.6 Å². The lowest BCUT2D eigenvalue weighted by Gasteiger charge is -2.07. The van der Waals surface area contributed by atoms with Crippen molar-refractivity contribution in [1.29, 1.82) is 0 Å². The van der Waals surface area contributed by atoms with Gasteiger partial charge in [0, 0.05) is 32.8 Å². The molecule has 0 atom stereocenters. The maximum Gasteiger partial charge on any atom is 0.361 e. The number of esters is 2. The Morgan fingerprint density at radius 3 is 1.27 bits per heavy atom. The summed E-state index contributed by atoms with van der Waals surface area (Å²) < 4.78 is 25.2. The van der Waals surface area contributed by atoms with Gasteiger partial charge >= 0.3 is 17.9 Å². The highest BCUT2D eigenvalue weighted by Gasteiger charge is 2.25. The van der Waals surface area contributed by atoms with Gasteiger partial charge in [0.1, 0.15) is 21.6 Å². The fourth-order valence-corrected chi connectivity index (χ4v) is 13.6. The number of rotatable bonds is 18. The average molecular weight is 1390 g/mol. The van der Waals surface area contributed by atoms with E-state index >= 15 is 0 Å². The van der Waals surface area contributed by atoms with Crippen molar-refractivity contribution in [2.75, 3.05) is 28.4 Å². The third-order valence-electron chi connectivity index (χ3n) is 11.5. The van der Waals surface area contributed by atoms with Crippen molar-refractivity contribution >= 4 is 157 Å². The number of aromatic nitrogens is 12.